The molecule has 0 spiro atoms. The number of carbonyl (C=O) groups excluding carboxylic acids is 1. The van der Waals surface area contributed by atoms with Crippen LogP contribution in [-0.4, -0.2) is 47.4 Å². The molecule has 2 fully saturated rings. The third kappa shape index (κ3) is 3.99. The van der Waals surface area contributed by atoms with Crippen molar-refractivity contribution in [1.29, 1.82) is 0 Å². The van der Waals surface area contributed by atoms with E-state index in [1.54, 1.807) is 6.92 Å². The Balaban J connectivity index is 1.78. The molecule has 2 rings (SSSR count). The van der Waals surface area contributed by atoms with Crippen LogP contribution in [0, 0.1) is 17.8 Å². The average Bonchev–Trinajstić information content (AvgIpc) is 2.75. The van der Waals surface area contributed by atoms with Crippen molar-refractivity contribution < 1.29 is 45.2 Å². The summed E-state index contributed by atoms with van der Waals surface area (Å²) in [5, 5.41) is 4.58. The van der Waals surface area contributed by atoms with Crippen molar-refractivity contribution in [3.05, 3.63) is 0 Å². The lowest BCUT2D eigenvalue weighted by molar-refractivity contribution is -0.178. The summed E-state index contributed by atoms with van der Waals surface area (Å²) in [4.78, 5) is 11.8. The molecule has 26 heavy (non-hydrogen) atoms. The van der Waals surface area contributed by atoms with E-state index in [-0.39, 0.29) is 11.8 Å². The Morgan fingerprint density at radius 1 is 1.27 bits per heavy atom. The zero-order valence-corrected chi connectivity index (χ0v) is 14.9. The van der Waals surface area contributed by atoms with Crippen molar-refractivity contribution in [3.8, 4) is 0 Å². The first-order valence-electron chi connectivity index (χ1n) is 8.31. The van der Waals surface area contributed by atoms with E-state index in [2.05, 4.69) is 4.74 Å². The molecule has 2 atom stereocenters. The fourth-order valence-corrected chi connectivity index (χ4v) is 4.31. The highest BCUT2D eigenvalue weighted by molar-refractivity contribution is 7.87. The van der Waals surface area contributed by atoms with E-state index >= 15 is 0 Å². The Morgan fingerprint density at radius 3 is 2.31 bits per heavy atom. The molecule has 0 aromatic rings. The van der Waals surface area contributed by atoms with E-state index in [0.29, 0.717) is 19.3 Å². The fraction of sp³-hybridized carbons (Fsp3) is 0.933. The van der Waals surface area contributed by atoms with E-state index in [9.17, 15) is 35.9 Å². The lowest BCUT2D eigenvalue weighted by Crippen LogP contribution is -2.47. The van der Waals surface area contributed by atoms with Gasteiger partial charge in [0.1, 0.15) is 0 Å². The monoisotopic (exact) mass is 406 g/mol. The molecule has 2 aliphatic carbocycles. The Morgan fingerprint density at radius 2 is 1.85 bits per heavy atom. The first kappa shape index (κ1) is 21.4. The molecule has 0 saturated heterocycles. The SMILES string of the molecule is CC1(O)CCCC1C1CC(C(=O)OCCC(F)(F)C(F)(F)S(=O)(=O)O)C1. The van der Waals surface area contributed by atoms with Crippen molar-refractivity contribution in [3.63, 3.8) is 0 Å². The van der Waals surface area contributed by atoms with Crippen LogP contribution in [0.1, 0.15) is 45.4 Å². The van der Waals surface area contributed by atoms with Gasteiger partial charge >= 0.3 is 27.3 Å². The van der Waals surface area contributed by atoms with Crippen LogP contribution in [0.25, 0.3) is 0 Å². The molecular formula is C15H22F4O6S. The van der Waals surface area contributed by atoms with Crippen molar-refractivity contribution in [2.24, 2.45) is 17.8 Å². The van der Waals surface area contributed by atoms with E-state index in [1.165, 1.54) is 0 Å². The van der Waals surface area contributed by atoms with E-state index in [0.717, 1.165) is 12.8 Å². The van der Waals surface area contributed by atoms with Gasteiger partial charge in [-0.2, -0.15) is 26.0 Å². The summed E-state index contributed by atoms with van der Waals surface area (Å²) in [7, 11) is -6.30. The molecular weight excluding hydrogens is 384 g/mol. The first-order chi connectivity index (χ1) is 11.7. The zero-order chi connectivity index (χ0) is 20.0. The van der Waals surface area contributed by atoms with Crippen LogP contribution < -0.4 is 0 Å². The average molecular weight is 406 g/mol. The van der Waals surface area contributed by atoms with Gasteiger partial charge in [-0.05, 0) is 44.4 Å². The normalized spacial score (nSPS) is 33.0. The van der Waals surface area contributed by atoms with Gasteiger partial charge in [0.05, 0.1) is 24.5 Å². The predicted molar refractivity (Wildman–Crippen MR) is 81.2 cm³/mol. The summed E-state index contributed by atoms with van der Waals surface area (Å²) in [5.41, 5.74) is -0.789. The van der Waals surface area contributed by atoms with Crippen LogP contribution in [0.2, 0.25) is 0 Å². The first-order valence-corrected chi connectivity index (χ1v) is 9.75. The molecule has 0 amide bonds. The van der Waals surface area contributed by atoms with Gasteiger partial charge in [-0.1, -0.05) is 6.42 Å². The van der Waals surface area contributed by atoms with Gasteiger partial charge in [-0.3, -0.25) is 9.35 Å². The lowest BCUT2D eigenvalue weighted by atomic mass is 9.65. The molecule has 0 bridgehead atoms. The van der Waals surface area contributed by atoms with Crippen LogP contribution in [0.4, 0.5) is 17.6 Å². The standard InChI is InChI=1S/C15H22F4O6S/c1-13(21)4-2-3-11(13)9-7-10(8-9)12(20)25-6-5-14(16,17)15(18,19)26(22,23)24/h9-11,21H,2-8H2,1H3,(H,22,23,24). The van der Waals surface area contributed by atoms with E-state index in [1.807, 2.05) is 0 Å². The highest BCUT2D eigenvalue weighted by Gasteiger charge is 2.65. The molecule has 2 aliphatic rings. The molecule has 11 heteroatoms. The largest absolute Gasteiger partial charge is 0.465 e. The van der Waals surface area contributed by atoms with Crippen molar-refractivity contribution >= 4 is 16.1 Å². The molecule has 2 unspecified atom stereocenters. The van der Waals surface area contributed by atoms with Crippen LogP contribution >= 0.6 is 0 Å². The number of hydrogen-bond acceptors (Lipinski definition) is 5. The topological polar surface area (TPSA) is 101 Å². The molecule has 152 valence electrons. The molecule has 6 nitrogen and oxygen atoms in total. The molecule has 0 aromatic carbocycles. The molecule has 2 N–H and O–H groups in total. The number of rotatable bonds is 7. The number of aliphatic hydroxyl groups is 1. The van der Waals surface area contributed by atoms with Crippen LogP contribution in [0.3, 0.4) is 0 Å². The quantitative estimate of drug-likeness (QED) is 0.383. The maximum atomic E-state index is 13.3. The van der Waals surface area contributed by atoms with Crippen molar-refractivity contribution in [2.45, 2.75) is 62.2 Å². The van der Waals surface area contributed by atoms with Gasteiger partial charge in [-0.25, -0.2) is 0 Å². The summed E-state index contributed by atoms with van der Waals surface area (Å²) in [6.45, 7) is 0.646. The highest BCUT2D eigenvalue weighted by Crippen LogP contribution is 2.50. The summed E-state index contributed by atoms with van der Waals surface area (Å²) in [6.07, 6.45) is 1.53. The van der Waals surface area contributed by atoms with Crippen LogP contribution in [-0.2, 0) is 19.6 Å². The number of halogens is 4. The van der Waals surface area contributed by atoms with Gasteiger partial charge < -0.3 is 9.84 Å². The minimum Gasteiger partial charge on any atom is -0.465 e. The maximum absolute atomic E-state index is 13.3. The van der Waals surface area contributed by atoms with Crippen LogP contribution in [0.5, 0.6) is 0 Å². The Hall–Kier alpha value is -0.940. The number of hydrogen-bond donors (Lipinski definition) is 2. The maximum Gasteiger partial charge on any atom is 0.431 e. The predicted octanol–water partition coefficient (Wildman–Crippen LogP) is 2.61. The highest BCUT2D eigenvalue weighted by atomic mass is 32.2. The van der Waals surface area contributed by atoms with Crippen molar-refractivity contribution in [2.75, 3.05) is 6.61 Å². The van der Waals surface area contributed by atoms with Gasteiger partial charge in [0.15, 0.2) is 0 Å². The lowest BCUT2D eigenvalue weighted by Gasteiger charge is -2.42. The Bertz CT molecular complexity index is 643. The number of alkyl halides is 4. The summed E-state index contributed by atoms with van der Waals surface area (Å²) < 4.78 is 86.1. The van der Waals surface area contributed by atoms with Crippen LogP contribution in [0.15, 0.2) is 0 Å². The number of esters is 1. The number of ether oxygens (including phenoxy) is 1. The minimum absolute atomic E-state index is 0.0596. The molecule has 0 radical (unpaired) electrons. The summed E-state index contributed by atoms with van der Waals surface area (Å²) in [6, 6.07) is 0. The Labute approximate surface area is 148 Å². The molecule has 2 saturated carbocycles. The summed E-state index contributed by atoms with van der Waals surface area (Å²) in [5.74, 6) is -6.26. The van der Waals surface area contributed by atoms with Crippen molar-refractivity contribution in [1.82, 2.24) is 0 Å². The second-order valence-electron chi connectivity index (χ2n) is 7.40. The summed E-state index contributed by atoms with van der Waals surface area (Å²) >= 11 is 0. The van der Waals surface area contributed by atoms with Gasteiger partial charge in [0.25, 0.3) is 0 Å². The third-order valence-corrected chi connectivity index (χ3v) is 6.43. The van der Waals surface area contributed by atoms with E-state index in [4.69, 9.17) is 4.55 Å². The van der Waals surface area contributed by atoms with Gasteiger partial charge in [0.2, 0.25) is 0 Å². The fourth-order valence-electron chi connectivity index (χ4n) is 3.83. The van der Waals surface area contributed by atoms with E-state index < -0.39 is 51.8 Å². The molecule has 0 aliphatic heterocycles. The second kappa shape index (κ2) is 6.90. The van der Waals surface area contributed by atoms with Gasteiger partial charge in [0, 0.05) is 0 Å². The molecule has 0 heterocycles. The molecule has 0 aromatic heterocycles. The van der Waals surface area contributed by atoms with Gasteiger partial charge in [-0.15, -0.1) is 0 Å². The number of carbonyl (C=O) groups is 1. The third-order valence-electron chi connectivity index (χ3n) is 5.48. The second-order valence-corrected chi connectivity index (χ2v) is 8.86. The Kier molecular flexibility index (Phi) is 5.67. The zero-order valence-electron chi connectivity index (χ0n) is 14.1. The minimum atomic E-state index is -6.30. The smallest absolute Gasteiger partial charge is 0.431 e.